The zero-order valence-corrected chi connectivity index (χ0v) is 16.3. The first-order chi connectivity index (χ1) is 11.8. The number of alkyl carbamates (subject to hydrolysis) is 1. The smallest absolute Gasteiger partial charge is 0.410 e. The molecule has 0 spiro atoms. The van der Waals surface area contributed by atoms with Crippen LogP contribution in [0.2, 0.25) is 0 Å². The molecule has 8 heteroatoms. The molecule has 1 fully saturated rings. The van der Waals surface area contributed by atoms with Gasteiger partial charge in [-0.25, -0.2) is 4.79 Å². The van der Waals surface area contributed by atoms with Crippen LogP contribution in [0.3, 0.4) is 0 Å². The van der Waals surface area contributed by atoms with E-state index < -0.39 is 25.7 Å². The van der Waals surface area contributed by atoms with Crippen molar-refractivity contribution in [1.29, 1.82) is 0 Å². The fourth-order valence-electron chi connectivity index (χ4n) is 3.05. The molecule has 1 rings (SSSR count). The topological polar surface area (TPSA) is 102 Å². The number of hydrogen-bond donors (Lipinski definition) is 2. The zero-order chi connectivity index (χ0) is 18.7. The lowest BCUT2D eigenvalue weighted by atomic mass is 9.91. The van der Waals surface area contributed by atoms with Crippen LogP contribution < -0.4 is 5.32 Å². The van der Waals surface area contributed by atoms with Crippen molar-refractivity contribution in [3.8, 4) is 0 Å². The number of rotatable bonds is 10. The van der Waals surface area contributed by atoms with Gasteiger partial charge in [0.2, 0.25) is 13.7 Å². The number of amides is 1. The van der Waals surface area contributed by atoms with Gasteiger partial charge in [0.15, 0.2) is 0 Å². The maximum atomic E-state index is 12.2. The number of esters is 1. The summed E-state index contributed by atoms with van der Waals surface area (Å²) in [6.07, 6.45) is 5.93. The molecule has 146 valence electrons. The van der Waals surface area contributed by atoms with Gasteiger partial charge < -0.3 is 19.7 Å². The van der Waals surface area contributed by atoms with Crippen LogP contribution in [-0.2, 0) is 18.8 Å². The third kappa shape index (κ3) is 10.5. The van der Waals surface area contributed by atoms with Gasteiger partial charge >= 0.3 is 12.1 Å². The van der Waals surface area contributed by atoms with Gasteiger partial charge in [-0.05, 0) is 31.6 Å². The van der Waals surface area contributed by atoms with E-state index in [0.717, 1.165) is 25.7 Å². The Morgan fingerprint density at radius 3 is 2.56 bits per heavy atom. The first-order valence-corrected chi connectivity index (χ1v) is 11.3. The molecular formula is C17H32NO6P. The normalized spacial score (nSPS) is 18.8. The van der Waals surface area contributed by atoms with Gasteiger partial charge in [-0.3, -0.25) is 9.36 Å². The molecule has 2 N–H and O–H groups in total. The van der Waals surface area contributed by atoms with Gasteiger partial charge in [0.1, 0.15) is 0 Å². The van der Waals surface area contributed by atoms with Crippen LogP contribution in [0.5, 0.6) is 0 Å². The Hall–Kier alpha value is -1.07. The Bertz CT molecular complexity index is 464. The first kappa shape index (κ1) is 22.0. The molecule has 0 aromatic rings. The summed E-state index contributed by atoms with van der Waals surface area (Å²) in [5.41, 5.74) is 0. The highest BCUT2D eigenvalue weighted by Crippen LogP contribution is 2.45. The van der Waals surface area contributed by atoms with Crippen molar-refractivity contribution in [3.63, 3.8) is 0 Å². The van der Waals surface area contributed by atoms with E-state index >= 15 is 0 Å². The average Bonchev–Trinajstić information content (AvgIpc) is 2.52. The minimum absolute atomic E-state index is 0.199. The summed E-state index contributed by atoms with van der Waals surface area (Å²) in [5, 5.41) is 2.51. The van der Waals surface area contributed by atoms with Gasteiger partial charge in [-0.15, -0.1) is 0 Å². The Kier molecular flexibility index (Phi) is 10.1. The van der Waals surface area contributed by atoms with Crippen LogP contribution in [0.15, 0.2) is 0 Å². The molecule has 0 aromatic heterocycles. The van der Waals surface area contributed by atoms with Crippen molar-refractivity contribution in [3.05, 3.63) is 0 Å². The van der Waals surface area contributed by atoms with E-state index in [1.54, 1.807) is 0 Å². The molecular weight excluding hydrogens is 345 g/mol. The molecule has 0 bridgehead atoms. The quantitative estimate of drug-likeness (QED) is 0.261. The molecule has 0 aromatic carbocycles. The summed E-state index contributed by atoms with van der Waals surface area (Å²) in [6, 6.07) is 0. The molecule has 0 radical (unpaired) electrons. The van der Waals surface area contributed by atoms with Crippen molar-refractivity contribution in [1.82, 2.24) is 5.32 Å². The Morgan fingerprint density at radius 2 is 1.92 bits per heavy atom. The third-order valence-corrected chi connectivity index (χ3v) is 6.35. The van der Waals surface area contributed by atoms with Crippen LogP contribution in [-0.4, -0.2) is 42.1 Å². The Morgan fingerprint density at radius 1 is 1.24 bits per heavy atom. The maximum absolute atomic E-state index is 12.2. The lowest BCUT2D eigenvalue weighted by Gasteiger charge is -2.24. The van der Waals surface area contributed by atoms with Gasteiger partial charge in [0.25, 0.3) is 0 Å². The van der Waals surface area contributed by atoms with Crippen LogP contribution in [0.25, 0.3) is 0 Å². The Balaban J connectivity index is 2.15. The molecule has 1 amide bonds. The monoisotopic (exact) mass is 377 g/mol. The summed E-state index contributed by atoms with van der Waals surface area (Å²) < 4.78 is 22.0. The minimum atomic E-state index is -3.14. The van der Waals surface area contributed by atoms with E-state index in [1.807, 2.05) is 6.92 Å². The molecule has 0 heterocycles. The number of ether oxygens (including phenoxy) is 2. The van der Waals surface area contributed by atoms with Crippen molar-refractivity contribution >= 4 is 19.4 Å². The summed E-state index contributed by atoms with van der Waals surface area (Å²) >= 11 is 0. The van der Waals surface area contributed by atoms with Crippen molar-refractivity contribution in [2.45, 2.75) is 71.5 Å². The summed E-state index contributed by atoms with van der Waals surface area (Å²) in [7, 11) is -3.14. The van der Waals surface area contributed by atoms with Crippen molar-refractivity contribution in [2.24, 2.45) is 5.92 Å². The van der Waals surface area contributed by atoms with E-state index in [-0.39, 0.29) is 19.1 Å². The average molecular weight is 377 g/mol. The molecule has 1 aliphatic rings. The summed E-state index contributed by atoms with van der Waals surface area (Å²) in [6.45, 7) is 3.58. The van der Waals surface area contributed by atoms with Gasteiger partial charge in [0, 0.05) is 32.2 Å². The van der Waals surface area contributed by atoms with Gasteiger partial charge in [-0.1, -0.05) is 26.2 Å². The second kappa shape index (κ2) is 11.5. The number of hydrogen-bond acceptors (Lipinski definition) is 5. The number of nitrogens with one attached hydrogen (secondary N) is 1. The van der Waals surface area contributed by atoms with Crippen molar-refractivity contribution < 1.29 is 28.5 Å². The second-order valence-corrected chi connectivity index (χ2v) is 9.25. The predicted molar refractivity (Wildman–Crippen MR) is 95.7 cm³/mol. The minimum Gasteiger partial charge on any atom is -0.425 e. The Labute approximate surface area is 150 Å². The summed E-state index contributed by atoms with van der Waals surface area (Å²) in [5.74, 6) is -0.0482. The SMILES string of the molecule is CCCC(=O)OC(C)OC(=O)NCCCP(=O)(O)CC1CCCCC1. The fraction of sp³-hybridized carbons (Fsp3) is 0.882. The van der Waals surface area contributed by atoms with E-state index in [2.05, 4.69) is 5.32 Å². The highest BCUT2D eigenvalue weighted by atomic mass is 31.2. The highest BCUT2D eigenvalue weighted by Gasteiger charge is 2.25. The molecule has 7 nitrogen and oxygen atoms in total. The predicted octanol–water partition coefficient (Wildman–Crippen LogP) is 3.64. The van der Waals surface area contributed by atoms with Crippen molar-refractivity contribution in [2.75, 3.05) is 18.9 Å². The number of carbonyl (C=O) groups excluding carboxylic acids is 2. The van der Waals surface area contributed by atoms with E-state index in [9.17, 15) is 19.0 Å². The first-order valence-electron chi connectivity index (χ1n) is 9.27. The van der Waals surface area contributed by atoms with Crippen LogP contribution in [0.4, 0.5) is 4.79 Å². The van der Waals surface area contributed by atoms with Gasteiger partial charge in [0.05, 0.1) is 0 Å². The van der Waals surface area contributed by atoms with Crippen LogP contribution >= 0.6 is 7.37 Å². The molecule has 1 saturated carbocycles. The molecule has 1 aliphatic carbocycles. The van der Waals surface area contributed by atoms with Crippen LogP contribution in [0.1, 0.15) is 65.2 Å². The molecule has 2 unspecified atom stereocenters. The second-order valence-electron chi connectivity index (χ2n) is 6.75. The lowest BCUT2D eigenvalue weighted by Crippen LogP contribution is -2.31. The van der Waals surface area contributed by atoms with E-state index in [4.69, 9.17) is 9.47 Å². The lowest BCUT2D eigenvalue weighted by molar-refractivity contribution is -0.164. The van der Waals surface area contributed by atoms with Crippen LogP contribution in [0, 0.1) is 5.92 Å². The maximum Gasteiger partial charge on any atom is 0.410 e. The van der Waals surface area contributed by atoms with E-state index in [1.165, 1.54) is 13.3 Å². The summed E-state index contributed by atoms with van der Waals surface area (Å²) in [4.78, 5) is 32.9. The number of carbonyl (C=O) groups is 2. The molecule has 25 heavy (non-hydrogen) atoms. The molecule has 0 saturated heterocycles. The van der Waals surface area contributed by atoms with Gasteiger partial charge in [-0.2, -0.15) is 0 Å². The molecule has 0 aliphatic heterocycles. The standard InChI is InChI=1S/C17H32NO6P/c1-3-8-16(19)23-14(2)24-17(20)18-11-7-12-25(21,22)13-15-9-5-4-6-10-15/h14-15H,3-13H2,1-2H3,(H,18,20)(H,21,22). The highest BCUT2D eigenvalue weighted by molar-refractivity contribution is 7.57. The molecule has 2 atom stereocenters. The van der Waals surface area contributed by atoms with E-state index in [0.29, 0.717) is 24.9 Å². The largest absolute Gasteiger partial charge is 0.425 e. The fourth-order valence-corrected chi connectivity index (χ4v) is 5.05. The zero-order valence-electron chi connectivity index (χ0n) is 15.4. The third-order valence-electron chi connectivity index (χ3n) is 4.25.